The van der Waals surface area contributed by atoms with Gasteiger partial charge in [-0.05, 0) is 59.7 Å². The van der Waals surface area contributed by atoms with E-state index in [1.807, 2.05) is 42.5 Å². The zero-order chi connectivity index (χ0) is 24.8. The molecule has 0 fully saturated rings. The van der Waals surface area contributed by atoms with E-state index in [0.717, 1.165) is 15.1 Å². The van der Waals surface area contributed by atoms with Crippen LogP contribution in [0.3, 0.4) is 0 Å². The second kappa shape index (κ2) is 10.8. The molecule has 8 heteroatoms. The Morgan fingerprint density at radius 2 is 1.63 bits per heavy atom. The fraction of sp³-hybridized carbons (Fsp3) is 0.148. The number of carbonyl (C=O) groups excluding carboxylic acids is 1. The molecule has 1 amide bonds. The van der Waals surface area contributed by atoms with Gasteiger partial charge >= 0.3 is 0 Å². The Bertz CT molecular complexity index is 1440. The largest absolute Gasteiger partial charge is 0.492 e. The molecule has 4 aromatic rings. The highest BCUT2D eigenvalue weighted by Crippen LogP contribution is 2.29. The van der Waals surface area contributed by atoms with Gasteiger partial charge in [-0.15, -0.1) is 0 Å². The predicted octanol–water partition coefficient (Wildman–Crippen LogP) is 5.19. The number of hydrogen-bond acceptors (Lipinski definition) is 4. The number of carbonyl (C=O) groups is 1. The minimum Gasteiger partial charge on any atom is -0.492 e. The molecular weight excluding hydrogens is 484 g/mol. The first-order chi connectivity index (χ1) is 16.8. The number of nitrogens with zero attached hydrogens (tertiary/aromatic N) is 1. The summed E-state index contributed by atoms with van der Waals surface area (Å²) in [6, 6.07) is 26.7. The summed E-state index contributed by atoms with van der Waals surface area (Å²) in [7, 11) is -4.00. The second-order valence-electron chi connectivity index (χ2n) is 7.96. The number of aryl methyl sites for hydroxylation is 1. The molecule has 0 atom stereocenters. The van der Waals surface area contributed by atoms with E-state index in [0.29, 0.717) is 22.0 Å². The van der Waals surface area contributed by atoms with Gasteiger partial charge in [-0.3, -0.25) is 9.10 Å². The first kappa shape index (κ1) is 24.6. The summed E-state index contributed by atoms with van der Waals surface area (Å²) in [6.45, 7) is 1.84. The fourth-order valence-electron chi connectivity index (χ4n) is 3.67. The van der Waals surface area contributed by atoms with Crippen molar-refractivity contribution >= 4 is 44.0 Å². The smallest absolute Gasteiger partial charge is 0.264 e. The molecule has 0 bridgehead atoms. The molecule has 0 spiro atoms. The standard InChI is InChI=1S/C27H25ClN2O4S/c1-20-11-13-23(28)18-26(20)30(35(32,33)25-9-3-2-4-10-25)19-27(31)29-15-16-34-24-14-12-21-7-5-6-8-22(21)17-24/h2-14,17-18H,15-16,19H2,1H3,(H,29,31). The van der Waals surface area contributed by atoms with E-state index in [-0.39, 0.29) is 18.0 Å². The van der Waals surface area contributed by atoms with Crippen LogP contribution in [0, 0.1) is 6.92 Å². The van der Waals surface area contributed by atoms with E-state index in [2.05, 4.69) is 5.32 Å². The van der Waals surface area contributed by atoms with E-state index in [4.69, 9.17) is 16.3 Å². The van der Waals surface area contributed by atoms with E-state index < -0.39 is 22.5 Å². The molecule has 4 aromatic carbocycles. The average Bonchev–Trinajstić information content (AvgIpc) is 2.87. The lowest BCUT2D eigenvalue weighted by atomic mass is 10.1. The molecular formula is C27H25ClN2O4S. The third-order valence-electron chi connectivity index (χ3n) is 5.47. The molecule has 0 saturated heterocycles. The summed E-state index contributed by atoms with van der Waals surface area (Å²) in [5.74, 6) is 0.242. The number of fused-ring (bicyclic) bond motifs is 1. The summed E-state index contributed by atoms with van der Waals surface area (Å²) in [5, 5.41) is 5.30. The maximum Gasteiger partial charge on any atom is 0.264 e. The fourth-order valence-corrected chi connectivity index (χ4v) is 5.34. The van der Waals surface area contributed by atoms with E-state index in [9.17, 15) is 13.2 Å². The van der Waals surface area contributed by atoms with Crippen LogP contribution in [0.15, 0.2) is 95.9 Å². The van der Waals surface area contributed by atoms with Crippen LogP contribution in [0.4, 0.5) is 5.69 Å². The molecule has 0 unspecified atom stereocenters. The van der Waals surface area contributed by atoms with Crippen molar-refractivity contribution in [3.05, 3.63) is 102 Å². The maximum absolute atomic E-state index is 13.4. The molecule has 0 aliphatic carbocycles. The molecule has 180 valence electrons. The van der Waals surface area contributed by atoms with Crippen molar-refractivity contribution in [3.63, 3.8) is 0 Å². The highest BCUT2D eigenvalue weighted by atomic mass is 35.5. The van der Waals surface area contributed by atoms with Gasteiger partial charge in [0.15, 0.2) is 0 Å². The lowest BCUT2D eigenvalue weighted by molar-refractivity contribution is -0.119. The first-order valence-corrected chi connectivity index (χ1v) is 12.9. The number of rotatable bonds is 9. The quantitative estimate of drug-likeness (QED) is 0.316. The Balaban J connectivity index is 1.44. The number of amides is 1. The average molecular weight is 509 g/mol. The van der Waals surface area contributed by atoms with Gasteiger partial charge in [-0.1, -0.05) is 66.2 Å². The van der Waals surface area contributed by atoms with Gasteiger partial charge < -0.3 is 10.1 Å². The van der Waals surface area contributed by atoms with Crippen LogP contribution >= 0.6 is 11.6 Å². The minimum atomic E-state index is -4.00. The van der Waals surface area contributed by atoms with E-state index >= 15 is 0 Å². The molecule has 35 heavy (non-hydrogen) atoms. The number of sulfonamides is 1. The summed E-state index contributed by atoms with van der Waals surface area (Å²) in [4.78, 5) is 12.9. The minimum absolute atomic E-state index is 0.0896. The Labute approximate surface area is 210 Å². The van der Waals surface area contributed by atoms with Gasteiger partial charge in [0.1, 0.15) is 18.9 Å². The molecule has 0 saturated carbocycles. The summed E-state index contributed by atoms with van der Waals surface area (Å²) in [6.07, 6.45) is 0. The first-order valence-electron chi connectivity index (χ1n) is 11.1. The van der Waals surface area contributed by atoms with Gasteiger partial charge in [0.2, 0.25) is 5.91 Å². The van der Waals surface area contributed by atoms with Gasteiger partial charge in [0, 0.05) is 5.02 Å². The van der Waals surface area contributed by atoms with Crippen molar-refractivity contribution in [3.8, 4) is 5.75 Å². The highest BCUT2D eigenvalue weighted by Gasteiger charge is 2.28. The second-order valence-corrected chi connectivity index (χ2v) is 10.3. The maximum atomic E-state index is 13.4. The molecule has 4 rings (SSSR count). The third-order valence-corrected chi connectivity index (χ3v) is 7.48. The van der Waals surface area contributed by atoms with Crippen LogP contribution in [0.2, 0.25) is 5.02 Å². The van der Waals surface area contributed by atoms with Crippen LogP contribution in [0.1, 0.15) is 5.56 Å². The van der Waals surface area contributed by atoms with E-state index in [1.54, 1.807) is 43.3 Å². The molecule has 0 aliphatic heterocycles. The monoisotopic (exact) mass is 508 g/mol. The van der Waals surface area contributed by atoms with Crippen molar-refractivity contribution in [2.75, 3.05) is 24.0 Å². The predicted molar refractivity (Wildman–Crippen MR) is 140 cm³/mol. The lowest BCUT2D eigenvalue weighted by Crippen LogP contribution is -2.42. The van der Waals surface area contributed by atoms with Crippen LogP contribution in [-0.2, 0) is 14.8 Å². The number of hydrogen-bond donors (Lipinski definition) is 1. The zero-order valence-electron chi connectivity index (χ0n) is 19.1. The van der Waals surface area contributed by atoms with Crippen molar-refractivity contribution in [2.45, 2.75) is 11.8 Å². The Morgan fingerprint density at radius 3 is 2.40 bits per heavy atom. The summed E-state index contributed by atoms with van der Waals surface area (Å²) >= 11 is 6.15. The Kier molecular flexibility index (Phi) is 7.58. The molecule has 0 aromatic heterocycles. The van der Waals surface area contributed by atoms with Gasteiger partial charge in [0.25, 0.3) is 10.0 Å². The van der Waals surface area contributed by atoms with Crippen molar-refractivity contribution in [1.29, 1.82) is 0 Å². The normalized spacial score (nSPS) is 11.3. The van der Waals surface area contributed by atoms with Gasteiger partial charge in [-0.25, -0.2) is 8.42 Å². The third kappa shape index (κ3) is 5.93. The number of benzene rings is 4. The van der Waals surface area contributed by atoms with Crippen LogP contribution in [0.25, 0.3) is 10.8 Å². The number of halogens is 1. The van der Waals surface area contributed by atoms with Crippen LogP contribution in [-0.4, -0.2) is 34.0 Å². The van der Waals surface area contributed by atoms with Crippen LogP contribution in [0.5, 0.6) is 5.75 Å². The lowest BCUT2D eigenvalue weighted by Gasteiger charge is -2.25. The SMILES string of the molecule is Cc1ccc(Cl)cc1N(CC(=O)NCCOc1ccc2ccccc2c1)S(=O)(=O)c1ccccc1. The topological polar surface area (TPSA) is 75.7 Å². The molecule has 0 aliphatic rings. The van der Waals surface area contributed by atoms with Crippen LogP contribution < -0.4 is 14.4 Å². The molecule has 0 radical (unpaired) electrons. The van der Waals surface area contributed by atoms with E-state index in [1.165, 1.54) is 12.1 Å². The molecule has 0 heterocycles. The summed E-state index contributed by atoms with van der Waals surface area (Å²) < 4.78 is 33.7. The number of anilines is 1. The summed E-state index contributed by atoms with van der Waals surface area (Å²) in [5.41, 5.74) is 1.03. The van der Waals surface area contributed by atoms with Crippen molar-refractivity contribution < 1.29 is 17.9 Å². The Morgan fingerprint density at radius 1 is 0.914 bits per heavy atom. The molecule has 1 N–H and O–H groups in total. The van der Waals surface area contributed by atoms with Gasteiger partial charge in [-0.2, -0.15) is 0 Å². The zero-order valence-corrected chi connectivity index (χ0v) is 20.7. The van der Waals surface area contributed by atoms with Crippen molar-refractivity contribution in [1.82, 2.24) is 5.32 Å². The van der Waals surface area contributed by atoms with Gasteiger partial charge in [0.05, 0.1) is 17.1 Å². The molecule has 6 nitrogen and oxygen atoms in total. The Hall–Kier alpha value is -3.55. The highest BCUT2D eigenvalue weighted by molar-refractivity contribution is 7.92. The number of ether oxygens (including phenoxy) is 1. The van der Waals surface area contributed by atoms with Crippen molar-refractivity contribution in [2.24, 2.45) is 0 Å². The number of nitrogens with one attached hydrogen (secondary N) is 1.